The van der Waals surface area contributed by atoms with E-state index in [2.05, 4.69) is 0 Å². The van der Waals surface area contributed by atoms with E-state index in [1.165, 1.54) is 12.1 Å². The van der Waals surface area contributed by atoms with Crippen LogP contribution < -0.4 is 4.74 Å². The normalized spacial score (nSPS) is 25.9. The Bertz CT molecular complexity index is 756. The molecule has 2 unspecified atom stereocenters. The molecule has 2 aliphatic rings. The van der Waals surface area contributed by atoms with Crippen molar-refractivity contribution in [3.8, 4) is 5.75 Å². The number of hydrogen-bond acceptors (Lipinski definition) is 3. The molecule has 0 amide bonds. The number of halogens is 1. The van der Waals surface area contributed by atoms with E-state index in [9.17, 15) is 9.18 Å². The second kappa shape index (κ2) is 4.85. The van der Waals surface area contributed by atoms with Crippen molar-refractivity contribution in [2.75, 3.05) is 12.9 Å². The number of methoxy groups -OCH3 is 1. The third-order valence-corrected chi connectivity index (χ3v) is 6.04. The predicted molar refractivity (Wildman–Crippen MR) is 84.2 cm³/mol. The number of thioether (sulfide) groups is 1. The lowest BCUT2D eigenvalue weighted by Gasteiger charge is -2.23. The number of ether oxygens (including phenoxy) is 1. The average Bonchev–Trinajstić information content (AvgIpc) is 3.27. The molecule has 22 heavy (non-hydrogen) atoms. The quantitative estimate of drug-likeness (QED) is 0.827. The molecule has 0 radical (unpaired) electrons. The van der Waals surface area contributed by atoms with Crippen LogP contribution in [-0.4, -0.2) is 18.6 Å². The zero-order valence-electron chi connectivity index (χ0n) is 12.1. The number of benzene rings is 2. The van der Waals surface area contributed by atoms with Gasteiger partial charge in [0.05, 0.1) is 12.5 Å². The van der Waals surface area contributed by atoms with Crippen LogP contribution in [0.4, 0.5) is 4.39 Å². The van der Waals surface area contributed by atoms with E-state index in [4.69, 9.17) is 4.74 Å². The fourth-order valence-electron chi connectivity index (χ4n) is 3.33. The van der Waals surface area contributed by atoms with Crippen LogP contribution in [0, 0.1) is 11.2 Å². The largest absolute Gasteiger partial charge is 0.497 e. The molecular weight excluding hydrogens is 299 g/mol. The lowest BCUT2D eigenvalue weighted by Crippen LogP contribution is -2.25. The van der Waals surface area contributed by atoms with Crippen LogP contribution >= 0.6 is 11.8 Å². The molecular formula is C18H15FO2S. The standard InChI is InChI=1S/C18H15FO2S/c1-21-13-5-2-11(3-6-13)15-9-18(15)10-22-16-7-4-12(19)8-14(16)17(18)20/h2-8,15H,9-10H2,1H3. The van der Waals surface area contributed by atoms with Gasteiger partial charge in [-0.05, 0) is 48.2 Å². The summed E-state index contributed by atoms with van der Waals surface area (Å²) in [6, 6.07) is 12.4. The van der Waals surface area contributed by atoms with E-state index in [0.29, 0.717) is 5.56 Å². The molecule has 1 spiro atoms. The van der Waals surface area contributed by atoms with Crippen LogP contribution in [0.2, 0.25) is 0 Å². The Kier molecular flexibility index (Phi) is 3.05. The second-order valence-electron chi connectivity index (χ2n) is 5.94. The van der Waals surface area contributed by atoms with E-state index in [-0.39, 0.29) is 22.9 Å². The second-order valence-corrected chi connectivity index (χ2v) is 6.96. The number of hydrogen-bond donors (Lipinski definition) is 0. The molecule has 1 aliphatic carbocycles. The summed E-state index contributed by atoms with van der Waals surface area (Å²) < 4.78 is 18.6. The molecule has 2 aromatic rings. The molecule has 112 valence electrons. The maximum atomic E-state index is 13.5. The topological polar surface area (TPSA) is 26.3 Å². The first-order valence-electron chi connectivity index (χ1n) is 7.25. The molecule has 0 aromatic heterocycles. The molecule has 1 aliphatic heterocycles. The van der Waals surface area contributed by atoms with Gasteiger partial charge >= 0.3 is 0 Å². The molecule has 2 aromatic carbocycles. The van der Waals surface area contributed by atoms with Crippen molar-refractivity contribution >= 4 is 17.5 Å². The van der Waals surface area contributed by atoms with Crippen molar-refractivity contribution < 1.29 is 13.9 Å². The molecule has 4 heteroatoms. The first-order chi connectivity index (χ1) is 10.6. The highest BCUT2D eigenvalue weighted by molar-refractivity contribution is 7.99. The minimum absolute atomic E-state index is 0.0987. The van der Waals surface area contributed by atoms with Gasteiger partial charge < -0.3 is 4.74 Å². The zero-order chi connectivity index (χ0) is 15.3. The molecule has 2 nitrogen and oxygen atoms in total. The Hall–Kier alpha value is -1.81. The van der Waals surface area contributed by atoms with Gasteiger partial charge in [0.1, 0.15) is 11.6 Å². The Morgan fingerprint density at radius 1 is 1.23 bits per heavy atom. The van der Waals surface area contributed by atoms with E-state index in [0.717, 1.165) is 28.4 Å². The smallest absolute Gasteiger partial charge is 0.171 e. The van der Waals surface area contributed by atoms with Gasteiger partial charge in [0.25, 0.3) is 0 Å². The highest BCUT2D eigenvalue weighted by Gasteiger charge is 2.61. The summed E-state index contributed by atoms with van der Waals surface area (Å²) in [5.74, 6) is 1.58. The fraction of sp³-hybridized carbons (Fsp3) is 0.278. The number of Topliss-reactive ketones (excluding diaryl/α,β-unsaturated/α-hetero) is 1. The molecule has 0 saturated heterocycles. The van der Waals surface area contributed by atoms with Crippen molar-refractivity contribution in [3.05, 3.63) is 59.4 Å². The summed E-state index contributed by atoms with van der Waals surface area (Å²) in [6.45, 7) is 0. The Labute approximate surface area is 132 Å². The maximum Gasteiger partial charge on any atom is 0.171 e. The van der Waals surface area contributed by atoms with Crippen molar-refractivity contribution in [1.82, 2.24) is 0 Å². The van der Waals surface area contributed by atoms with Crippen molar-refractivity contribution in [2.45, 2.75) is 17.2 Å². The highest BCUT2D eigenvalue weighted by atomic mass is 32.2. The summed E-state index contributed by atoms with van der Waals surface area (Å²) in [4.78, 5) is 13.8. The van der Waals surface area contributed by atoms with Crippen LogP contribution in [0.1, 0.15) is 28.3 Å². The van der Waals surface area contributed by atoms with Crippen molar-refractivity contribution in [1.29, 1.82) is 0 Å². The van der Waals surface area contributed by atoms with Crippen LogP contribution in [-0.2, 0) is 0 Å². The van der Waals surface area contributed by atoms with Crippen LogP contribution in [0.5, 0.6) is 5.75 Å². The van der Waals surface area contributed by atoms with Crippen LogP contribution in [0.15, 0.2) is 47.4 Å². The fourth-order valence-corrected chi connectivity index (χ4v) is 4.67. The molecule has 1 fully saturated rings. The Morgan fingerprint density at radius 3 is 2.73 bits per heavy atom. The average molecular weight is 314 g/mol. The zero-order valence-corrected chi connectivity index (χ0v) is 13.0. The van der Waals surface area contributed by atoms with Gasteiger partial charge in [-0.3, -0.25) is 4.79 Å². The summed E-state index contributed by atoms with van der Waals surface area (Å²) >= 11 is 1.66. The molecule has 0 bridgehead atoms. The van der Waals surface area contributed by atoms with Gasteiger partial charge in [0, 0.05) is 16.2 Å². The Balaban J connectivity index is 1.65. The van der Waals surface area contributed by atoms with Crippen molar-refractivity contribution in [2.24, 2.45) is 5.41 Å². The Morgan fingerprint density at radius 2 is 2.00 bits per heavy atom. The summed E-state index contributed by atoms with van der Waals surface area (Å²) in [6.07, 6.45) is 0.848. The summed E-state index contributed by atoms with van der Waals surface area (Å²) in [5.41, 5.74) is 1.36. The summed E-state index contributed by atoms with van der Waals surface area (Å²) in [7, 11) is 1.64. The van der Waals surface area contributed by atoms with Gasteiger partial charge in [-0.1, -0.05) is 12.1 Å². The lowest BCUT2D eigenvalue weighted by atomic mass is 9.91. The van der Waals surface area contributed by atoms with Gasteiger partial charge in [0.2, 0.25) is 0 Å². The first kappa shape index (κ1) is 13.8. The van der Waals surface area contributed by atoms with E-state index >= 15 is 0 Å². The van der Waals surface area contributed by atoms with Crippen LogP contribution in [0.25, 0.3) is 0 Å². The monoisotopic (exact) mass is 314 g/mol. The van der Waals surface area contributed by atoms with Crippen LogP contribution in [0.3, 0.4) is 0 Å². The minimum atomic E-state index is -0.347. The highest BCUT2D eigenvalue weighted by Crippen LogP contribution is 2.65. The SMILES string of the molecule is COc1ccc(C2CC23CSc2ccc(F)cc2C3=O)cc1. The lowest BCUT2D eigenvalue weighted by molar-refractivity contribution is 0.0904. The van der Waals surface area contributed by atoms with Crippen molar-refractivity contribution in [3.63, 3.8) is 0 Å². The molecule has 2 atom stereocenters. The number of carbonyl (C=O) groups is 1. The van der Waals surface area contributed by atoms with E-state index in [1.54, 1.807) is 24.9 Å². The molecule has 1 saturated carbocycles. The van der Waals surface area contributed by atoms with Gasteiger partial charge in [-0.2, -0.15) is 0 Å². The number of carbonyl (C=O) groups excluding carboxylic acids is 1. The number of rotatable bonds is 2. The molecule has 0 N–H and O–H groups in total. The predicted octanol–water partition coefficient (Wildman–Crippen LogP) is 4.30. The van der Waals surface area contributed by atoms with Gasteiger partial charge in [0.15, 0.2) is 5.78 Å². The van der Waals surface area contributed by atoms with Gasteiger partial charge in [-0.25, -0.2) is 4.39 Å². The molecule has 4 rings (SSSR count). The number of ketones is 1. The van der Waals surface area contributed by atoms with Gasteiger partial charge in [-0.15, -0.1) is 11.8 Å². The first-order valence-corrected chi connectivity index (χ1v) is 8.24. The molecule has 1 heterocycles. The third-order valence-electron chi connectivity index (χ3n) is 4.72. The maximum absolute atomic E-state index is 13.5. The number of fused-ring (bicyclic) bond motifs is 1. The van der Waals surface area contributed by atoms with E-state index in [1.807, 2.05) is 24.3 Å². The minimum Gasteiger partial charge on any atom is -0.497 e. The summed E-state index contributed by atoms with van der Waals surface area (Å²) in [5, 5.41) is 0. The van der Waals surface area contributed by atoms with E-state index < -0.39 is 0 Å². The third kappa shape index (κ3) is 1.97.